The molecule has 0 aliphatic heterocycles. The lowest BCUT2D eigenvalue weighted by Gasteiger charge is -2.01. The predicted molar refractivity (Wildman–Crippen MR) is 96.1 cm³/mol. The molecule has 0 radical (unpaired) electrons. The van der Waals surface area contributed by atoms with Crippen LogP contribution in [0.1, 0.15) is 76.7 Å². The zero-order valence-electron chi connectivity index (χ0n) is 15.2. The van der Waals surface area contributed by atoms with Crippen molar-refractivity contribution in [2.75, 3.05) is 12.9 Å². The van der Waals surface area contributed by atoms with E-state index in [1.165, 1.54) is 32.1 Å². The minimum Gasteiger partial charge on any atom is -0.348 e. The molecule has 1 aromatic rings. The van der Waals surface area contributed by atoms with E-state index in [1.807, 2.05) is 13.1 Å². The first-order chi connectivity index (χ1) is 10.9. The van der Waals surface area contributed by atoms with Gasteiger partial charge in [0.15, 0.2) is 0 Å². The normalized spacial score (nSPS) is 11.1. The monoisotopic (exact) mass is 346 g/mol. The first-order valence-corrected chi connectivity index (χ1v) is 10.6. The number of rotatable bonds is 11. The molecule has 0 fully saturated rings. The predicted octanol–water partition coefficient (Wildman–Crippen LogP) is 4.38. The molecule has 0 bridgehead atoms. The van der Waals surface area contributed by atoms with Crippen LogP contribution in [-0.2, 0) is 20.7 Å². The number of unbranched alkanes of at least 4 members (excludes halogenated alkanes) is 6. The average Bonchev–Trinajstić information content (AvgIpc) is 2.87. The van der Waals surface area contributed by atoms with Crippen LogP contribution in [0.4, 0.5) is 0 Å². The molecular weight excluding hydrogens is 312 g/mol. The minimum atomic E-state index is -3.23. The van der Waals surface area contributed by atoms with Crippen LogP contribution in [0.25, 0.3) is 0 Å². The third-order valence-electron chi connectivity index (χ3n) is 3.29. The first-order valence-electron chi connectivity index (χ1n) is 8.74. The van der Waals surface area contributed by atoms with Crippen LogP contribution in [-0.4, -0.2) is 31.2 Å². The lowest BCUT2D eigenvalue weighted by atomic mass is 10.1. The molecule has 5 nitrogen and oxygen atoms in total. The Balaban J connectivity index is 0.000000459. The van der Waals surface area contributed by atoms with E-state index in [2.05, 4.69) is 28.0 Å². The van der Waals surface area contributed by atoms with Crippen molar-refractivity contribution in [2.24, 2.45) is 0 Å². The first kappa shape index (κ1) is 22.1. The second-order valence-electron chi connectivity index (χ2n) is 5.89. The fraction of sp³-hybridized carbons (Fsp3) is 0.824. The maximum Gasteiger partial charge on any atom is 0.264 e. The molecule has 23 heavy (non-hydrogen) atoms. The molecule has 1 N–H and O–H groups in total. The Kier molecular flexibility index (Phi) is 13.0. The van der Waals surface area contributed by atoms with Crippen molar-refractivity contribution in [3.05, 3.63) is 17.7 Å². The third kappa shape index (κ3) is 15.8. The van der Waals surface area contributed by atoms with Gasteiger partial charge in [0.1, 0.15) is 5.82 Å². The molecule has 1 heterocycles. The summed E-state index contributed by atoms with van der Waals surface area (Å²) in [6.07, 6.45) is 13.5. The highest BCUT2D eigenvalue weighted by atomic mass is 32.2. The Labute approximate surface area is 142 Å². The summed E-state index contributed by atoms with van der Waals surface area (Å²) < 4.78 is 25.8. The minimum absolute atomic E-state index is 0.340. The van der Waals surface area contributed by atoms with Gasteiger partial charge in [0.05, 0.1) is 18.6 Å². The van der Waals surface area contributed by atoms with Crippen LogP contribution >= 0.6 is 0 Å². The van der Waals surface area contributed by atoms with Crippen molar-refractivity contribution in [1.29, 1.82) is 0 Å². The van der Waals surface area contributed by atoms with Gasteiger partial charge < -0.3 is 4.98 Å². The van der Waals surface area contributed by atoms with E-state index in [9.17, 15) is 8.42 Å². The number of aromatic nitrogens is 2. The van der Waals surface area contributed by atoms with E-state index >= 15 is 0 Å². The summed E-state index contributed by atoms with van der Waals surface area (Å²) in [6.45, 7) is 6.68. The van der Waals surface area contributed by atoms with E-state index in [0.717, 1.165) is 43.5 Å². The molecule has 0 aromatic carbocycles. The standard InChI is InChI=1S/C10H22O3S.C7H12N2/c1-3-4-5-6-7-8-9-10-13-14(2,11)12;1-3-4-7-8-5-6(2)9-7/h3-10H2,1-2H3;5H,3-4H2,1-2H3,(H,8,9). The summed E-state index contributed by atoms with van der Waals surface area (Å²) in [5.74, 6) is 1.11. The van der Waals surface area contributed by atoms with E-state index in [-0.39, 0.29) is 0 Å². The fourth-order valence-electron chi connectivity index (χ4n) is 2.10. The maximum absolute atomic E-state index is 10.6. The van der Waals surface area contributed by atoms with Crippen LogP contribution in [0.5, 0.6) is 0 Å². The highest BCUT2D eigenvalue weighted by Crippen LogP contribution is 2.07. The molecule has 0 aliphatic carbocycles. The second kappa shape index (κ2) is 13.5. The number of aryl methyl sites for hydroxylation is 2. The van der Waals surface area contributed by atoms with E-state index in [1.54, 1.807) is 0 Å². The van der Waals surface area contributed by atoms with Crippen molar-refractivity contribution in [3.63, 3.8) is 0 Å². The summed E-state index contributed by atoms with van der Waals surface area (Å²) in [7, 11) is -3.23. The van der Waals surface area contributed by atoms with Crippen LogP contribution in [0.3, 0.4) is 0 Å². The molecule has 0 atom stereocenters. The summed E-state index contributed by atoms with van der Waals surface area (Å²) in [4.78, 5) is 7.34. The molecule has 0 saturated carbocycles. The van der Waals surface area contributed by atoms with Crippen molar-refractivity contribution < 1.29 is 12.6 Å². The van der Waals surface area contributed by atoms with E-state index < -0.39 is 10.1 Å². The third-order valence-corrected chi connectivity index (χ3v) is 3.89. The van der Waals surface area contributed by atoms with Gasteiger partial charge >= 0.3 is 0 Å². The van der Waals surface area contributed by atoms with Gasteiger partial charge in [-0.25, -0.2) is 4.98 Å². The number of nitrogens with one attached hydrogen (secondary N) is 1. The lowest BCUT2D eigenvalue weighted by Crippen LogP contribution is -2.03. The number of aromatic amines is 1. The Morgan fingerprint density at radius 3 is 2.13 bits per heavy atom. The molecule has 6 heteroatoms. The topological polar surface area (TPSA) is 72.1 Å². The maximum atomic E-state index is 10.6. The van der Waals surface area contributed by atoms with Gasteiger partial charge in [0, 0.05) is 12.6 Å². The molecule has 136 valence electrons. The van der Waals surface area contributed by atoms with E-state index in [4.69, 9.17) is 0 Å². The molecule has 1 aromatic heterocycles. The Hall–Kier alpha value is -0.880. The summed E-state index contributed by atoms with van der Waals surface area (Å²) in [5.41, 5.74) is 1.08. The largest absolute Gasteiger partial charge is 0.348 e. The zero-order valence-corrected chi connectivity index (χ0v) is 16.0. The Bertz CT molecular complexity index is 484. The number of nitrogens with zero attached hydrogens (tertiary/aromatic N) is 1. The van der Waals surface area contributed by atoms with Crippen LogP contribution in [0, 0.1) is 6.92 Å². The van der Waals surface area contributed by atoms with Gasteiger partial charge in [-0.2, -0.15) is 8.42 Å². The van der Waals surface area contributed by atoms with Crippen LogP contribution in [0.15, 0.2) is 6.20 Å². The molecule has 0 saturated heterocycles. The van der Waals surface area contributed by atoms with Crippen molar-refractivity contribution in [1.82, 2.24) is 9.97 Å². The van der Waals surface area contributed by atoms with Crippen LogP contribution in [0.2, 0.25) is 0 Å². The lowest BCUT2D eigenvalue weighted by molar-refractivity contribution is 0.309. The molecule has 1 rings (SSSR count). The zero-order chi connectivity index (χ0) is 17.6. The van der Waals surface area contributed by atoms with Crippen molar-refractivity contribution in [2.45, 2.75) is 78.6 Å². The van der Waals surface area contributed by atoms with Gasteiger partial charge in [0.2, 0.25) is 0 Å². The highest BCUT2D eigenvalue weighted by molar-refractivity contribution is 7.85. The molecule has 0 unspecified atom stereocenters. The molecule has 0 amide bonds. The van der Waals surface area contributed by atoms with Crippen molar-refractivity contribution >= 4 is 10.1 Å². The van der Waals surface area contributed by atoms with Crippen LogP contribution < -0.4 is 0 Å². The number of imidazole rings is 1. The average molecular weight is 347 g/mol. The Morgan fingerprint density at radius 2 is 1.65 bits per heavy atom. The summed E-state index contributed by atoms with van der Waals surface area (Å²) in [6, 6.07) is 0. The van der Waals surface area contributed by atoms with Gasteiger partial charge in [-0.1, -0.05) is 52.4 Å². The highest BCUT2D eigenvalue weighted by Gasteiger charge is 1.99. The van der Waals surface area contributed by atoms with Crippen molar-refractivity contribution in [3.8, 4) is 0 Å². The fourth-order valence-corrected chi connectivity index (χ4v) is 2.52. The van der Waals surface area contributed by atoms with Gasteiger partial charge in [0.25, 0.3) is 10.1 Å². The van der Waals surface area contributed by atoms with Gasteiger partial charge in [-0.3, -0.25) is 4.18 Å². The van der Waals surface area contributed by atoms with Gasteiger partial charge in [-0.05, 0) is 19.8 Å². The SMILES string of the molecule is CCCCCCCCCOS(C)(=O)=O.CCCc1nc(C)c[nH]1. The molecule has 0 aliphatic rings. The summed E-state index contributed by atoms with van der Waals surface area (Å²) >= 11 is 0. The number of hydrogen-bond donors (Lipinski definition) is 1. The number of hydrogen-bond acceptors (Lipinski definition) is 4. The number of H-pyrrole nitrogens is 1. The molecule has 0 spiro atoms. The van der Waals surface area contributed by atoms with Gasteiger partial charge in [-0.15, -0.1) is 0 Å². The Morgan fingerprint density at radius 1 is 1.04 bits per heavy atom. The molecular formula is C17H34N2O3S. The quantitative estimate of drug-likeness (QED) is 0.476. The summed E-state index contributed by atoms with van der Waals surface area (Å²) in [5, 5.41) is 0. The smallest absolute Gasteiger partial charge is 0.264 e. The van der Waals surface area contributed by atoms with E-state index in [0.29, 0.717) is 6.61 Å². The second-order valence-corrected chi connectivity index (χ2v) is 7.53.